The predicted molar refractivity (Wildman–Crippen MR) is 76.0 cm³/mol. The van der Waals surface area contributed by atoms with E-state index in [2.05, 4.69) is 33.0 Å². The molecule has 0 aliphatic rings. The SMILES string of the molecule is NCC(Sc1ccccc1Br)c1cccnc1. The van der Waals surface area contributed by atoms with Gasteiger partial charge in [-0.05, 0) is 39.7 Å². The van der Waals surface area contributed by atoms with Crippen LogP contribution in [0.3, 0.4) is 0 Å². The van der Waals surface area contributed by atoms with Gasteiger partial charge in [0.2, 0.25) is 0 Å². The topological polar surface area (TPSA) is 38.9 Å². The number of rotatable bonds is 4. The van der Waals surface area contributed by atoms with E-state index in [1.54, 1.807) is 18.0 Å². The fourth-order valence-corrected chi connectivity index (χ4v) is 3.09. The van der Waals surface area contributed by atoms with Gasteiger partial charge >= 0.3 is 0 Å². The lowest BCUT2D eigenvalue weighted by molar-refractivity contribution is 0.931. The summed E-state index contributed by atoms with van der Waals surface area (Å²) in [5.74, 6) is 0. The highest BCUT2D eigenvalue weighted by Gasteiger charge is 2.12. The second-order valence-corrected chi connectivity index (χ2v) is 5.66. The number of hydrogen-bond acceptors (Lipinski definition) is 3. The van der Waals surface area contributed by atoms with E-state index in [0.29, 0.717) is 6.54 Å². The molecule has 2 rings (SSSR count). The molecule has 0 aliphatic heterocycles. The van der Waals surface area contributed by atoms with Crippen LogP contribution in [0.4, 0.5) is 0 Å². The molecule has 17 heavy (non-hydrogen) atoms. The van der Waals surface area contributed by atoms with Crippen LogP contribution in [0.2, 0.25) is 0 Å². The van der Waals surface area contributed by atoms with Crippen molar-refractivity contribution in [3.63, 3.8) is 0 Å². The molecule has 88 valence electrons. The molecule has 2 nitrogen and oxygen atoms in total. The molecule has 1 atom stereocenters. The molecule has 2 N–H and O–H groups in total. The molecule has 0 spiro atoms. The van der Waals surface area contributed by atoms with Crippen LogP contribution in [0.1, 0.15) is 10.8 Å². The molecule has 0 aliphatic carbocycles. The Bertz CT molecular complexity index is 476. The van der Waals surface area contributed by atoms with Gasteiger partial charge in [-0.1, -0.05) is 18.2 Å². The van der Waals surface area contributed by atoms with Gasteiger partial charge in [-0.2, -0.15) is 0 Å². The minimum atomic E-state index is 0.238. The van der Waals surface area contributed by atoms with Crippen molar-refractivity contribution >= 4 is 27.7 Å². The summed E-state index contributed by atoms with van der Waals surface area (Å²) >= 11 is 5.31. The summed E-state index contributed by atoms with van der Waals surface area (Å²) in [7, 11) is 0. The van der Waals surface area contributed by atoms with Crippen LogP contribution in [0, 0.1) is 0 Å². The Hall–Kier alpha value is -0.840. The largest absolute Gasteiger partial charge is 0.329 e. The molecular formula is C13H13BrN2S. The Morgan fingerprint density at radius 3 is 2.71 bits per heavy atom. The molecule has 0 radical (unpaired) electrons. The maximum atomic E-state index is 5.84. The number of hydrogen-bond donors (Lipinski definition) is 1. The molecule has 4 heteroatoms. The standard InChI is InChI=1S/C13H13BrN2S/c14-11-5-1-2-6-12(11)17-13(8-15)10-4-3-7-16-9-10/h1-7,9,13H,8,15H2. The van der Waals surface area contributed by atoms with Crippen LogP contribution in [0.5, 0.6) is 0 Å². The third-order valence-electron chi connectivity index (χ3n) is 2.38. The minimum absolute atomic E-state index is 0.238. The van der Waals surface area contributed by atoms with Crippen molar-refractivity contribution in [2.75, 3.05) is 6.54 Å². The molecule has 1 aromatic heterocycles. The highest BCUT2D eigenvalue weighted by atomic mass is 79.9. The van der Waals surface area contributed by atoms with Crippen LogP contribution < -0.4 is 5.73 Å². The lowest BCUT2D eigenvalue weighted by Crippen LogP contribution is -2.09. The Balaban J connectivity index is 2.19. The molecule has 1 aromatic carbocycles. The summed E-state index contributed by atoms with van der Waals surface area (Å²) < 4.78 is 1.10. The van der Waals surface area contributed by atoms with Crippen LogP contribution in [-0.2, 0) is 0 Å². The number of aromatic nitrogens is 1. The number of nitrogens with two attached hydrogens (primary N) is 1. The van der Waals surface area contributed by atoms with Crippen molar-refractivity contribution in [3.05, 3.63) is 58.8 Å². The van der Waals surface area contributed by atoms with Crippen molar-refractivity contribution in [2.24, 2.45) is 5.73 Å². The summed E-state index contributed by atoms with van der Waals surface area (Å²) in [6, 6.07) is 12.2. The molecule has 1 heterocycles. The number of benzene rings is 1. The highest BCUT2D eigenvalue weighted by Crippen LogP contribution is 2.37. The van der Waals surface area contributed by atoms with Gasteiger partial charge in [0.1, 0.15) is 0 Å². The number of pyridine rings is 1. The van der Waals surface area contributed by atoms with Crippen LogP contribution in [0.15, 0.2) is 58.2 Å². The Morgan fingerprint density at radius 1 is 1.24 bits per heavy atom. The first-order valence-corrected chi connectivity index (χ1v) is 6.99. The van der Waals surface area contributed by atoms with Crippen LogP contribution in [0.25, 0.3) is 0 Å². The molecule has 1 unspecified atom stereocenters. The Kier molecular flexibility index (Phi) is 4.59. The Labute approximate surface area is 114 Å². The zero-order chi connectivity index (χ0) is 12.1. The van der Waals surface area contributed by atoms with E-state index in [0.717, 1.165) is 10.0 Å². The zero-order valence-electron chi connectivity index (χ0n) is 9.21. The van der Waals surface area contributed by atoms with E-state index in [1.807, 2.05) is 30.5 Å². The van der Waals surface area contributed by atoms with Crippen molar-refractivity contribution in [1.82, 2.24) is 4.98 Å². The molecule has 0 bridgehead atoms. The Morgan fingerprint density at radius 2 is 2.06 bits per heavy atom. The molecule has 2 aromatic rings. The van der Waals surface area contributed by atoms with Gasteiger partial charge in [-0.3, -0.25) is 4.98 Å². The molecule has 0 amide bonds. The quantitative estimate of drug-likeness (QED) is 0.877. The van der Waals surface area contributed by atoms with Crippen LogP contribution >= 0.6 is 27.7 Å². The van der Waals surface area contributed by atoms with Crippen molar-refractivity contribution in [2.45, 2.75) is 10.1 Å². The van der Waals surface area contributed by atoms with Crippen LogP contribution in [-0.4, -0.2) is 11.5 Å². The van der Waals surface area contributed by atoms with Gasteiger partial charge in [0, 0.05) is 33.6 Å². The normalized spacial score (nSPS) is 12.4. The van der Waals surface area contributed by atoms with Gasteiger partial charge in [-0.25, -0.2) is 0 Å². The zero-order valence-corrected chi connectivity index (χ0v) is 11.6. The molecule has 0 saturated heterocycles. The second kappa shape index (κ2) is 6.19. The van der Waals surface area contributed by atoms with E-state index in [-0.39, 0.29) is 5.25 Å². The smallest absolute Gasteiger partial charge is 0.0482 e. The maximum absolute atomic E-state index is 5.84. The number of nitrogens with zero attached hydrogens (tertiary/aromatic N) is 1. The van der Waals surface area contributed by atoms with Gasteiger partial charge < -0.3 is 5.73 Å². The predicted octanol–water partition coefficient (Wildman–Crippen LogP) is 3.64. The van der Waals surface area contributed by atoms with Gasteiger partial charge in [0.25, 0.3) is 0 Å². The number of halogens is 1. The third-order valence-corrected chi connectivity index (χ3v) is 4.69. The molecular weight excluding hydrogens is 296 g/mol. The van der Waals surface area contributed by atoms with E-state index in [1.165, 1.54) is 4.90 Å². The van der Waals surface area contributed by atoms with Gasteiger partial charge in [0.15, 0.2) is 0 Å². The lowest BCUT2D eigenvalue weighted by atomic mass is 10.2. The second-order valence-electron chi connectivity index (χ2n) is 3.56. The van der Waals surface area contributed by atoms with E-state index >= 15 is 0 Å². The summed E-state index contributed by atoms with van der Waals surface area (Å²) in [6.45, 7) is 0.595. The van der Waals surface area contributed by atoms with E-state index < -0.39 is 0 Å². The third kappa shape index (κ3) is 3.31. The van der Waals surface area contributed by atoms with Crippen molar-refractivity contribution < 1.29 is 0 Å². The van der Waals surface area contributed by atoms with Crippen molar-refractivity contribution in [3.8, 4) is 0 Å². The molecule has 0 saturated carbocycles. The summed E-state index contributed by atoms with van der Waals surface area (Å²) in [5.41, 5.74) is 7.00. The van der Waals surface area contributed by atoms with E-state index in [9.17, 15) is 0 Å². The first-order valence-electron chi connectivity index (χ1n) is 5.32. The average Bonchev–Trinajstić information content (AvgIpc) is 2.39. The highest BCUT2D eigenvalue weighted by molar-refractivity contribution is 9.10. The number of thioether (sulfide) groups is 1. The average molecular weight is 309 g/mol. The maximum Gasteiger partial charge on any atom is 0.0482 e. The lowest BCUT2D eigenvalue weighted by Gasteiger charge is -2.15. The summed E-state index contributed by atoms with van der Waals surface area (Å²) in [4.78, 5) is 5.34. The van der Waals surface area contributed by atoms with E-state index in [4.69, 9.17) is 5.73 Å². The van der Waals surface area contributed by atoms with Gasteiger partial charge in [-0.15, -0.1) is 11.8 Å². The monoisotopic (exact) mass is 308 g/mol. The minimum Gasteiger partial charge on any atom is -0.329 e. The summed E-state index contributed by atoms with van der Waals surface area (Å²) in [5, 5.41) is 0.238. The fourth-order valence-electron chi connectivity index (χ4n) is 1.51. The molecule has 0 fully saturated rings. The first kappa shape index (κ1) is 12.6. The fraction of sp³-hybridized carbons (Fsp3) is 0.154. The first-order chi connectivity index (χ1) is 8.31. The summed E-state index contributed by atoms with van der Waals surface area (Å²) in [6.07, 6.45) is 3.65. The van der Waals surface area contributed by atoms with Gasteiger partial charge in [0.05, 0.1) is 0 Å². The van der Waals surface area contributed by atoms with Crippen molar-refractivity contribution in [1.29, 1.82) is 0 Å².